The van der Waals surface area contributed by atoms with Gasteiger partial charge < -0.3 is 5.32 Å². The van der Waals surface area contributed by atoms with Crippen LogP contribution in [0.5, 0.6) is 0 Å². The maximum Gasteiger partial charge on any atom is 0.109 e. The lowest BCUT2D eigenvalue weighted by Crippen LogP contribution is -2.22. The van der Waals surface area contributed by atoms with Crippen LogP contribution in [0.3, 0.4) is 0 Å². The lowest BCUT2D eigenvalue weighted by molar-refractivity contribution is 0.493. The Balaban J connectivity index is 2.01. The van der Waals surface area contributed by atoms with E-state index in [2.05, 4.69) is 77.9 Å². The first-order chi connectivity index (χ1) is 9.10. The summed E-state index contributed by atoms with van der Waals surface area (Å²) < 4.78 is 1.27. The average Bonchev–Trinajstić information content (AvgIpc) is 2.88. The third kappa shape index (κ3) is 4.00. The fraction of sp³-hybridized carbons (Fsp3) is 0.400. The van der Waals surface area contributed by atoms with Crippen LogP contribution in [-0.2, 0) is 6.42 Å². The molecule has 19 heavy (non-hydrogen) atoms. The predicted octanol–water partition coefficient (Wildman–Crippen LogP) is 4.72. The highest BCUT2D eigenvalue weighted by Crippen LogP contribution is 2.23. The van der Waals surface area contributed by atoms with Crippen LogP contribution in [0, 0.1) is 3.57 Å². The minimum atomic E-state index is 0.291. The van der Waals surface area contributed by atoms with Gasteiger partial charge in [0.05, 0.1) is 6.04 Å². The maximum absolute atomic E-state index is 4.50. The molecule has 1 heterocycles. The maximum atomic E-state index is 4.50. The summed E-state index contributed by atoms with van der Waals surface area (Å²) in [6.07, 6.45) is 3.06. The van der Waals surface area contributed by atoms with Crippen molar-refractivity contribution in [1.82, 2.24) is 10.3 Å². The molecule has 0 aliphatic carbocycles. The molecule has 2 rings (SSSR count). The molecule has 0 spiro atoms. The van der Waals surface area contributed by atoms with Crippen molar-refractivity contribution < 1.29 is 0 Å². The van der Waals surface area contributed by atoms with Crippen LogP contribution in [0.1, 0.15) is 48.3 Å². The van der Waals surface area contributed by atoms with Gasteiger partial charge in [0.2, 0.25) is 0 Å². The van der Waals surface area contributed by atoms with Crippen molar-refractivity contribution in [2.24, 2.45) is 0 Å². The fourth-order valence-electron chi connectivity index (χ4n) is 1.98. The van der Waals surface area contributed by atoms with Gasteiger partial charge in [0.25, 0.3) is 0 Å². The Kier molecular flexibility index (Phi) is 5.36. The summed E-state index contributed by atoms with van der Waals surface area (Å²) in [5.41, 5.74) is 1.32. The van der Waals surface area contributed by atoms with Gasteiger partial charge in [-0.05, 0) is 60.6 Å². The molecule has 0 radical (unpaired) electrons. The molecule has 2 nitrogen and oxygen atoms in total. The van der Waals surface area contributed by atoms with Gasteiger partial charge in [-0.25, -0.2) is 4.98 Å². The summed E-state index contributed by atoms with van der Waals surface area (Å²) in [6, 6.07) is 9.30. The number of aryl methyl sites for hydroxylation is 1. The minimum Gasteiger partial charge on any atom is -0.302 e. The van der Waals surface area contributed by atoms with E-state index >= 15 is 0 Å². The van der Waals surface area contributed by atoms with Gasteiger partial charge in [-0.15, -0.1) is 11.3 Å². The van der Waals surface area contributed by atoms with Crippen LogP contribution < -0.4 is 5.32 Å². The quantitative estimate of drug-likeness (QED) is 0.752. The Labute approximate surface area is 132 Å². The lowest BCUT2D eigenvalue weighted by Gasteiger charge is -2.18. The summed E-state index contributed by atoms with van der Waals surface area (Å²) in [5.74, 6) is 0. The molecule has 0 amide bonds. The Hall–Kier alpha value is -0.460. The molecular formula is C15H19IN2S. The van der Waals surface area contributed by atoms with E-state index in [9.17, 15) is 0 Å². The predicted molar refractivity (Wildman–Crippen MR) is 90.6 cm³/mol. The molecule has 1 aromatic heterocycles. The van der Waals surface area contributed by atoms with Gasteiger partial charge in [-0.3, -0.25) is 0 Å². The second-order valence-electron chi connectivity index (χ2n) is 4.68. The monoisotopic (exact) mass is 386 g/mol. The van der Waals surface area contributed by atoms with Crippen LogP contribution in [0.15, 0.2) is 30.5 Å². The molecule has 1 aromatic carbocycles. The SMILES string of the molecule is CCc1cnc(C(C)NC(C)c2ccc(I)cc2)s1. The highest BCUT2D eigenvalue weighted by atomic mass is 127. The second-order valence-corrected chi connectivity index (χ2v) is 7.07. The standard InChI is InChI=1S/C15H19IN2S/c1-4-14-9-17-15(19-14)11(3)18-10(2)12-5-7-13(16)8-6-12/h5-11,18H,4H2,1-3H3. The van der Waals surface area contributed by atoms with E-state index in [1.807, 2.05) is 6.20 Å². The van der Waals surface area contributed by atoms with Crippen LogP contribution in [0.4, 0.5) is 0 Å². The first kappa shape index (κ1) is 14.9. The van der Waals surface area contributed by atoms with E-state index in [1.165, 1.54) is 19.0 Å². The number of nitrogens with one attached hydrogen (secondary N) is 1. The molecule has 0 saturated carbocycles. The Bertz CT molecular complexity index is 521. The average molecular weight is 386 g/mol. The number of thiazole rings is 1. The molecule has 102 valence electrons. The molecule has 2 atom stereocenters. The van der Waals surface area contributed by atoms with E-state index in [0.29, 0.717) is 12.1 Å². The molecule has 2 aromatic rings. The van der Waals surface area contributed by atoms with E-state index in [-0.39, 0.29) is 0 Å². The van der Waals surface area contributed by atoms with Crippen molar-refractivity contribution in [3.05, 3.63) is 49.5 Å². The summed E-state index contributed by atoms with van der Waals surface area (Å²) in [7, 11) is 0. The molecule has 4 heteroatoms. The summed E-state index contributed by atoms with van der Waals surface area (Å²) in [4.78, 5) is 5.85. The lowest BCUT2D eigenvalue weighted by atomic mass is 10.1. The highest BCUT2D eigenvalue weighted by Gasteiger charge is 2.14. The van der Waals surface area contributed by atoms with Crippen molar-refractivity contribution in [2.75, 3.05) is 0 Å². The highest BCUT2D eigenvalue weighted by molar-refractivity contribution is 14.1. The minimum absolute atomic E-state index is 0.291. The third-order valence-electron chi connectivity index (χ3n) is 3.16. The molecule has 2 unspecified atom stereocenters. The van der Waals surface area contributed by atoms with Crippen molar-refractivity contribution in [3.63, 3.8) is 0 Å². The summed E-state index contributed by atoms with van der Waals surface area (Å²) >= 11 is 4.14. The van der Waals surface area contributed by atoms with Crippen LogP contribution in [0.25, 0.3) is 0 Å². The number of benzene rings is 1. The number of rotatable bonds is 5. The normalized spacial score (nSPS) is 14.3. The molecule has 0 saturated heterocycles. The van der Waals surface area contributed by atoms with E-state index in [4.69, 9.17) is 0 Å². The number of nitrogens with zero attached hydrogens (tertiary/aromatic N) is 1. The van der Waals surface area contributed by atoms with Crippen molar-refractivity contribution in [3.8, 4) is 0 Å². The zero-order valence-corrected chi connectivity index (χ0v) is 14.5. The third-order valence-corrected chi connectivity index (χ3v) is 5.20. The Morgan fingerprint density at radius 3 is 2.47 bits per heavy atom. The summed E-state index contributed by atoms with van der Waals surface area (Å²) in [6.45, 7) is 6.55. The number of hydrogen-bond donors (Lipinski definition) is 1. The van der Waals surface area contributed by atoms with Gasteiger partial charge >= 0.3 is 0 Å². The van der Waals surface area contributed by atoms with Crippen LogP contribution in [-0.4, -0.2) is 4.98 Å². The van der Waals surface area contributed by atoms with Gasteiger partial charge in [0.1, 0.15) is 5.01 Å². The Morgan fingerprint density at radius 1 is 1.21 bits per heavy atom. The van der Waals surface area contributed by atoms with Gasteiger partial charge in [-0.1, -0.05) is 19.1 Å². The van der Waals surface area contributed by atoms with Crippen molar-refractivity contribution in [1.29, 1.82) is 0 Å². The molecule has 0 aliphatic rings. The van der Waals surface area contributed by atoms with Crippen LogP contribution in [0.2, 0.25) is 0 Å². The number of hydrogen-bond acceptors (Lipinski definition) is 3. The Morgan fingerprint density at radius 2 is 1.89 bits per heavy atom. The van der Waals surface area contributed by atoms with Gasteiger partial charge in [0, 0.05) is 20.7 Å². The van der Waals surface area contributed by atoms with Crippen molar-refractivity contribution in [2.45, 2.75) is 39.3 Å². The van der Waals surface area contributed by atoms with Crippen LogP contribution >= 0.6 is 33.9 Å². The molecule has 0 fully saturated rings. The number of halogens is 1. The van der Waals surface area contributed by atoms with Crippen molar-refractivity contribution >= 4 is 33.9 Å². The largest absolute Gasteiger partial charge is 0.302 e. The zero-order valence-electron chi connectivity index (χ0n) is 11.5. The van der Waals surface area contributed by atoms with Gasteiger partial charge in [0.15, 0.2) is 0 Å². The topological polar surface area (TPSA) is 24.9 Å². The fourth-order valence-corrected chi connectivity index (χ4v) is 3.21. The van der Waals surface area contributed by atoms with E-state index < -0.39 is 0 Å². The number of aromatic nitrogens is 1. The summed E-state index contributed by atoms with van der Waals surface area (Å²) in [5, 5.41) is 4.79. The first-order valence-electron chi connectivity index (χ1n) is 6.56. The molecule has 0 bridgehead atoms. The smallest absolute Gasteiger partial charge is 0.109 e. The second kappa shape index (κ2) is 6.81. The van der Waals surface area contributed by atoms with E-state index in [1.54, 1.807) is 11.3 Å². The zero-order chi connectivity index (χ0) is 13.8. The molecular weight excluding hydrogens is 367 g/mol. The first-order valence-corrected chi connectivity index (χ1v) is 8.45. The van der Waals surface area contributed by atoms with Gasteiger partial charge in [-0.2, -0.15) is 0 Å². The molecule has 0 aliphatic heterocycles. The van der Waals surface area contributed by atoms with E-state index in [0.717, 1.165) is 6.42 Å². The molecule has 1 N–H and O–H groups in total.